The van der Waals surface area contributed by atoms with Crippen molar-refractivity contribution in [1.29, 1.82) is 0 Å². The molecule has 1 aromatic heterocycles. The first-order valence-corrected chi connectivity index (χ1v) is 3.09. The average molecular weight is 152 g/mol. The smallest absolute Gasteiger partial charge is 0.274 e. The van der Waals surface area contributed by atoms with Crippen molar-refractivity contribution in [2.24, 2.45) is 0 Å². The Balaban J connectivity index is 3.43. The molecule has 0 spiro atoms. The Hall–Kier alpha value is -1.58. The Morgan fingerprint density at radius 1 is 1.64 bits per heavy atom. The van der Waals surface area contributed by atoms with Crippen molar-refractivity contribution in [1.82, 2.24) is 9.55 Å². The molecular weight excluding hydrogens is 144 g/mol. The zero-order valence-electron chi connectivity index (χ0n) is 6.13. The highest BCUT2D eigenvalue weighted by molar-refractivity contribution is 5.36. The van der Waals surface area contributed by atoms with Gasteiger partial charge in [0, 0.05) is 18.0 Å². The maximum atomic E-state index is 10.9. The fraction of sp³-hybridized carbons (Fsp3) is 0.143. The number of aromatic nitrogens is 2. The van der Waals surface area contributed by atoms with Crippen LogP contribution in [0.15, 0.2) is 28.4 Å². The summed E-state index contributed by atoms with van der Waals surface area (Å²) in [6.45, 7) is 5.24. The van der Waals surface area contributed by atoms with E-state index in [1.807, 2.05) is 0 Å². The van der Waals surface area contributed by atoms with Gasteiger partial charge in [-0.25, -0.2) is 4.79 Å². The van der Waals surface area contributed by atoms with Crippen molar-refractivity contribution in [3.63, 3.8) is 0 Å². The number of H-pyrrole nitrogens is 1. The molecule has 0 aliphatic carbocycles. The predicted octanol–water partition coefficient (Wildman–Crippen LogP) is 0.0272. The molecule has 0 fully saturated rings. The van der Waals surface area contributed by atoms with Gasteiger partial charge in [0.05, 0.1) is 0 Å². The van der Waals surface area contributed by atoms with E-state index in [4.69, 9.17) is 0 Å². The molecule has 1 heterocycles. The zero-order chi connectivity index (χ0) is 8.43. The molecule has 1 N–H and O–H groups in total. The Kier molecular flexibility index (Phi) is 1.76. The molecule has 0 radical (unpaired) electrons. The molecule has 11 heavy (non-hydrogen) atoms. The van der Waals surface area contributed by atoms with Crippen molar-refractivity contribution >= 4 is 5.70 Å². The molecule has 0 aromatic carbocycles. The van der Waals surface area contributed by atoms with Crippen molar-refractivity contribution in [3.8, 4) is 0 Å². The molecular formula is C7H8N2O2. The largest absolute Gasteiger partial charge is 0.332 e. The topological polar surface area (TPSA) is 54.9 Å². The summed E-state index contributed by atoms with van der Waals surface area (Å²) in [6, 6.07) is 1.27. The van der Waals surface area contributed by atoms with Gasteiger partial charge in [-0.1, -0.05) is 6.58 Å². The molecule has 4 nitrogen and oxygen atoms in total. The van der Waals surface area contributed by atoms with Crippen LogP contribution < -0.4 is 11.2 Å². The molecule has 0 saturated carbocycles. The Morgan fingerprint density at radius 3 is 2.73 bits per heavy atom. The minimum Gasteiger partial charge on any atom is -0.274 e. The van der Waals surface area contributed by atoms with Crippen LogP contribution in [0.2, 0.25) is 0 Å². The minimum absolute atomic E-state index is 0.396. The standard InChI is InChI=1S/C7H8N2O2/c1-5(2)9-4-3-6(10)8-7(9)11/h3-4H,1H2,2H3,(H,8,10,11). The van der Waals surface area contributed by atoms with Crippen LogP contribution in [-0.2, 0) is 0 Å². The van der Waals surface area contributed by atoms with Crippen LogP contribution in [0.1, 0.15) is 6.92 Å². The Labute approximate surface area is 62.8 Å². The van der Waals surface area contributed by atoms with Crippen molar-refractivity contribution in [2.75, 3.05) is 0 Å². The van der Waals surface area contributed by atoms with Crippen LogP contribution in [0.3, 0.4) is 0 Å². The molecule has 0 bridgehead atoms. The Bertz CT molecular complexity index is 386. The van der Waals surface area contributed by atoms with E-state index in [9.17, 15) is 9.59 Å². The molecule has 58 valence electrons. The molecule has 1 aromatic rings. The molecule has 0 atom stereocenters. The molecule has 0 saturated heterocycles. The Morgan fingerprint density at radius 2 is 2.27 bits per heavy atom. The van der Waals surface area contributed by atoms with Gasteiger partial charge in [0.15, 0.2) is 0 Å². The molecule has 0 aliphatic rings. The third-order valence-electron chi connectivity index (χ3n) is 1.24. The van der Waals surface area contributed by atoms with Gasteiger partial charge in [-0.15, -0.1) is 0 Å². The highest BCUT2D eigenvalue weighted by Crippen LogP contribution is 1.89. The lowest BCUT2D eigenvalue weighted by molar-refractivity contribution is 0.910. The van der Waals surface area contributed by atoms with Crippen molar-refractivity contribution in [3.05, 3.63) is 39.7 Å². The van der Waals surface area contributed by atoms with E-state index >= 15 is 0 Å². The molecule has 0 aliphatic heterocycles. The summed E-state index contributed by atoms with van der Waals surface area (Å²) in [5.74, 6) is 0. The fourth-order valence-corrected chi connectivity index (χ4v) is 0.718. The second kappa shape index (κ2) is 2.57. The highest BCUT2D eigenvalue weighted by Gasteiger charge is 1.93. The maximum absolute atomic E-state index is 10.9. The fourth-order valence-electron chi connectivity index (χ4n) is 0.718. The maximum Gasteiger partial charge on any atom is 0.332 e. The van der Waals surface area contributed by atoms with Gasteiger partial charge in [0.1, 0.15) is 0 Å². The summed E-state index contributed by atoms with van der Waals surface area (Å²) in [7, 11) is 0. The first kappa shape index (κ1) is 7.53. The van der Waals surface area contributed by atoms with Crippen LogP contribution in [-0.4, -0.2) is 9.55 Å². The van der Waals surface area contributed by atoms with E-state index in [0.717, 1.165) is 0 Å². The van der Waals surface area contributed by atoms with Crippen LogP contribution in [0.4, 0.5) is 0 Å². The highest BCUT2D eigenvalue weighted by atomic mass is 16.2. The van der Waals surface area contributed by atoms with E-state index in [2.05, 4.69) is 11.6 Å². The van der Waals surface area contributed by atoms with E-state index in [1.54, 1.807) is 6.92 Å². The number of allylic oxidation sites excluding steroid dienone is 1. The SMILES string of the molecule is C=C(C)n1ccc(=O)[nH]c1=O. The first-order chi connectivity index (χ1) is 5.11. The van der Waals surface area contributed by atoms with E-state index in [1.165, 1.54) is 16.8 Å². The average Bonchev–Trinajstić information content (AvgIpc) is 1.85. The third-order valence-corrected chi connectivity index (χ3v) is 1.24. The zero-order valence-corrected chi connectivity index (χ0v) is 6.13. The summed E-state index contributed by atoms with van der Waals surface area (Å²) in [5, 5.41) is 0. The molecule has 0 unspecified atom stereocenters. The summed E-state index contributed by atoms with van der Waals surface area (Å²) >= 11 is 0. The molecule has 4 heteroatoms. The van der Waals surface area contributed by atoms with Gasteiger partial charge < -0.3 is 0 Å². The number of aromatic amines is 1. The quantitative estimate of drug-likeness (QED) is 0.617. The van der Waals surface area contributed by atoms with E-state index < -0.39 is 11.2 Å². The number of nitrogens with one attached hydrogen (secondary N) is 1. The lowest BCUT2D eigenvalue weighted by atomic mass is 10.5. The summed E-state index contributed by atoms with van der Waals surface area (Å²) in [6.07, 6.45) is 1.39. The summed E-state index contributed by atoms with van der Waals surface area (Å²) in [4.78, 5) is 23.6. The number of nitrogens with zero attached hydrogens (tertiary/aromatic N) is 1. The van der Waals surface area contributed by atoms with Crippen LogP contribution >= 0.6 is 0 Å². The lowest BCUT2D eigenvalue weighted by Gasteiger charge is -1.99. The molecule has 0 amide bonds. The van der Waals surface area contributed by atoms with Crippen LogP contribution in [0.5, 0.6) is 0 Å². The van der Waals surface area contributed by atoms with E-state index in [-0.39, 0.29) is 0 Å². The van der Waals surface area contributed by atoms with Crippen molar-refractivity contribution < 1.29 is 0 Å². The van der Waals surface area contributed by atoms with Gasteiger partial charge in [-0.05, 0) is 6.92 Å². The normalized spacial score (nSPS) is 9.55. The summed E-state index contributed by atoms with van der Waals surface area (Å²) in [5.41, 5.74) is -0.274. The van der Waals surface area contributed by atoms with Gasteiger partial charge in [0.2, 0.25) is 0 Å². The minimum atomic E-state index is -0.454. The summed E-state index contributed by atoms with van der Waals surface area (Å²) < 4.78 is 1.27. The van der Waals surface area contributed by atoms with Gasteiger partial charge in [-0.2, -0.15) is 0 Å². The van der Waals surface area contributed by atoms with E-state index in [0.29, 0.717) is 5.70 Å². The monoisotopic (exact) mass is 152 g/mol. The predicted molar refractivity (Wildman–Crippen MR) is 42.3 cm³/mol. The van der Waals surface area contributed by atoms with Crippen molar-refractivity contribution in [2.45, 2.75) is 6.92 Å². The number of hydrogen-bond donors (Lipinski definition) is 1. The van der Waals surface area contributed by atoms with Crippen LogP contribution in [0.25, 0.3) is 5.70 Å². The van der Waals surface area contributed by atoms with Gasteiger partial charge in [0.25, 0.3) is 5.56 Å². The van der Waals surface area contributed by atoms with Crippen LogP contribution in [0, 0.1) is 0 Å². The molecule has 1 rings (SSSR count). The second-order valence-electron chi connectivity index (χ2n) is 2.22. The number of hydrogen-bond acceptors (Lipinski definition) is 2. The first-order valence-electron chi connectivity index (χ1n) is 3.09. The van der Waals surface area contributed by atoms with Gasteiger partial charge >= 0.3 is 5.69 Å². The van der Waals surface area contributed by atoms with Gasteiger partial charge in [-0.3, -0.25) is 14.3 Å². The third kappa shape index (κ3) is 1.46. The second-order valence-corrected chi connectivity index (χ2v) is 2.22. The number of rotatable bonds is 1. The lowest BCUT2D eigenvalue weighted by Crippen LogP contribution is -2.27.